The molecule has 9 heteroatoms. The van der Waals surface area contributed by atoms with Crippen molar-refractivity contribution >= 4 is 29.3 Å². The lowest BCUT2D eigenvalue weighted by Gasteiger charge is -2.29. The van der Waals surface area contributed by atoms with Crippen molar-refractivity contribution in [3.63, 3.8) is 0 Å². The minimum absolute atomic E-state index is 0.203. The molecule has 224 valence electrons. The molecule has 1 atom stereocenters. The molecule has 0 saturated carbocycles. The largest absolute Gasteiger partial charge is 0.490 e. The lowest BCUT2D eigenvalue weighted by Crippen LogP contribution is -2.31. The molecular formula is C34H39N5O3S. The Kier molecular flexibility index (Phi) is 9.40. The van der Waals surface area contributed by atoms with E-state index in [1.807, 2.05) is 80.9 Å². The summed E-state index contributed by atoms with van der Waals surface area (Å²) in [4.78, 5) is 18.8. The van der Waals surface area contributed by atoms with Gasteiger partial charge >= 0.3 is 0 Å². The van der Waals surface area contributed by atoms with Crippen LogP contribution in [0.15, 0.2) is 77.1 Å². The third-order valence-electron chi connectivity index (χ3n) is 7.59. The highest BCUT2D eigenvalue weighted by Crippen LogP contribution is 2.40. The summed E-state index contributed by atoms with van der Waals surface area (Å²) in [7, 11) is 0. The van der Waals surface area contributed by atoms with E-state index in [0.717, 1.165) is 45.8 Å². The van der Waals surface area contributed by atoms with E-state index in [0.29, 0.717) is 41.4 Å². The van der Waals surface area contributed by atoms with Crippen molar-refractivity contribution in [3.05, 3.63) is 99.8 Å². The summed E-state index contributed by atoms with van der Waals surface area (Å²) in [5.74, 6) is 2.55. The van der Waals surface area contributed by atoms with E-state index in [2.05, 4.69) is 36.6 Å². The second-order valence-corrected chi connectivity index (χ2v) is 11.7. The quantitative estimate of drug-likeness (QED) is 0.172. The first-order valence-corrected chi connectivity index (χ1v) is 15.7. The lowest BCUT2D eigenvalue weighted by molar-refractivity contribution is -0.113. The molecule has 1 amide bonds. The number of aryl methyl sites for hydroxylation is 2. The molecule has 1 aliphatic heterocycles. The smallest absolute Gasteiger partial charge is 0.255 e. The highest BCUT2D eigenvalue weighted by atomic mass is 32.2. The molecule has 0 spiro atoms. The van der Waals surface area contributed by atoms with E-state index in [-0.39, 0.29) is 5.91 Å². The molecule has 2 N–H and O–H groups in total. The van der Waals surface area contributed by atoms with Crippen LogP contribution in [0.4, 0.5) is 11.6 Å². The summed E-state index contributed by atoms with van der Waals surface area (Å²) in [6.45, 7) is 13.0. The number of ether oxygens (including phenoxy) is 2. The molecule has 0 radical (unpaired) electrons. The van der Waals surface area contributed by atoms with Gasteiger partial charge in [0.2, 0.25) is 11.1 Å². The number of allylic oxidation sites excluding steroid dienone is 1. The topological polar surface area (TPSA) is 90.3 Å². The van der Waals surface area contributed by atoms with Crippen LogP contribution in [0.2, 0.25) is 0 Å². The standard InChI is InChI=1S/C34H39N5O3S/c1-7-18-43-34-37-33-35-24(6)30(32(40)36-27-15-11-13-21(3)23(27)5)31(39(33)38-34)25-16-17-28(29(19-25)41-8-2)42-20-26-14-10-9-12-22(26)4/h9-17,19,31H,7-8,18,20H2,1-6H3,(H,36,40)(H,35,37,38). The Labute approximate surface area is 257 Å². The fourth-order valence-electron chi connectivity index (χ4n) is 5.07. The van der Waals surface area contributed by atoms with Crippen LogP contribution < -0.4 is 20.1 Å². The Bertz CT molecular complexity index is 1660. The van der Waals surface area contributed by atoms with Gasteiger partial charge in [0, 0.05) is 17.1 Å². The third kappa shape index (κ3) is 6.57. The van der Waals surface area contributed by atoms with Crippen LogP contribution in [0.25, 0.3) is 0 Å². The van der Waals surface area contributed by atoms with Crippen molar-refractivity contribution in [2.45, 2.75) is 65.8 Å². The number of nitrogens with one attached hydrogen (secondary N) is 2. The number of benzene rings is 3. The molecule has 8 nitrogen and oxygen atoms in total. The van der Waals surface area contributed by atoms with E-state index in [1.54, 1.807) is 11.8 Å². The zero-order valence-corrected chi connectivity index (χ0v) is 26.5. The number of amides is 1. The second-order valence-electron chi connectivity index (χ2n) is 10.6. The fourth-order valence-corrected chi connectivity index (χ4v) is 5.76. The van der Waals surface area contributed by atoms with Gasteiger partial charge in [0.15, 0.2) is 11.5 Å². The summed E-state index contributed by atoms with van der Waals surface area (Å²) < 4.78 is 14.1. The van der Waals surface area contributed by atoms with Crippen molar-refractivity contribution in [2.24, 2.45) is 0 Å². The third-order valence-corrected chi connectivity index (χ3v) is 8.64. The van der Waals surface area contributed by atoms with E-state index in [9.17, 15) is 4.79 Å². The normalized spacial score (nSPS) is 14.2. The second kappa shape index (κ2) is 13.4. The van der Waals surface area contributed by atoms with Crippen molar-refractivity contribution in [1.82, 2.24) is 14.8 Å². The predicted octanol–water partition coefficient (Wildman–Crippen LogP) is 7.61. The molecular weight excluding hydrogens is 558 g/mol. The van der Waals surface area contributed by atoms with Gasteiger partial charge in [-0.05, 0) is 87.1 Å². The van der Waals surface area contributed by atoms with Crippen molar-refractivity contribution in [2.75, 3.05) is 23.0 Å². The number of carbonyl (C=O) groups excluding carboxylic acids is 1. The Morgan fingerprint density at radius 3 is 2.53 bits per heavy atom. The van der Waals surface area contributed by atoms with Gasteiger partial charge < -0.3 is 20.1 Å². The van der Waals surface area contributed by atoms with Crippen LogP contribution in [0.3, 0.4) is 0 Å². The predicted molar refractivity (Wildman–Crippen MR) is 173 cm³/mol. The summed E-state index contributed by atoms with van der Waals surface area (Å²) in [5, 5.41) is 12.0. The van der Waals surface area contributed by atoms with E-state index in [1.165, 1.54) is 5.56 Å². The van der Waals surface area contributed by atoms with Crippen LogP contribution >= 0.6 is 11.8 Å². The number of fused-ring (bicyclic) bond motifs is 1. The van der Waals surface area contributed by atoms with Crippen LogP contribution in [-0.4, -0.2) is 33.0 Å². The van der Waals surface area contributed by atoms with Crippen molar-refractivity contribution in [3.8, 4) is 11.5 Å². The summed E-state index contributed by atoms with van der Waals surface area (Å²) >= 11 is 1.60. The molecule has 4 aromatic rings. The van der Waals surface area contributed by atoms with Crippen LogP contribution in [0.1, 0.15) is 61.1 Å². The first-order chi connectivity index (χ1) is 20.8. The fraction of sp³-hybridized carbons (Fsp3) is 0.324. The van der Waals surface area contributed by atoms with Gasteiger partial charge in [0.1, 0.15) is 12.6 Å². The first-order valence-electron chi connectivity index (χ1n) is 14.7. The Morgan fingerprint density at radius 2 is 1.77 bits per heavy atom. The summed E-state index contributed by atoms with van der Waals surface area (Å²) in [5.41, 5.74) is 7.32. The van der Waals surface area contributed by atoms with Gasteiger partial charge in [-0.15, -0.1) is 5.10 Å². The zero-order chi connectivity index (χ0) is 30.5. The van der Waals surface area contributed by atoms with E-state index < -0.39 is 6.04 Å². The monoisotopic (exact) mass is 597 g/mol. The highest BCUT2D eigenvalue weighted by molar-refractivity contribution is 7.99. The number of hydrogen-bond donors (Lipinski definition) is 2. The maximum atomic E-state index is 14.1. The first kappa shape index (κ1) is 30.2. The van der Waals surface area contributed by atoms with Gasteiger partial charge in [-0.25, -0.2) is 4.68 Å². The maximum Gasteiger partial charge on any atom is 0.255 e. The van der Waals surface area contributed by atoms with Crippen LogP contribution in [0.5, 0.6) is 11.5 Å². The average Bonchev–Trinajstić information content (AvgIpc) is 3.40. The minimum atomic E-state index is -0.533. The zero-order valence-electron chi connectivity index (χ0n) is 25.7. The van der Waals surface area contributed by atoms with E-state index in [4.69, 9.17) is 19.6 Å². The molecule has 43 heavy (non-hydrogen) atoms. The van der Waals surface area contributed by atoms with E-state index >= 15 is 0 Å². The Morgan fingerprint density at radius 1 is 0.977 bits per heavy atom. The van der Waals surface area contributed by atoms with Crippen LogP contribution in [-0.2, 0) is 11.4 Å². The van der Waals surface area contributed by atoms with Crippen molar-refractivity contribution in [1.29, 1.82) is 0 Å². The summed E-state index contributed by atoms with van der Waals surface area (Å²) in [6.07, 6.45) is 1.01. The molecule has 0 saturated heterocycles. The number of nitrogens with zero attached hydrogens (tertiary/aromatic N) is 3. The lowest BCUT2D eigenvalue weighted by atomic mass is 9.94. The number of anilines is 2. The van der Waals surface area contributed by atoms with Gasteiger partial charge in [-0.3, -0.25) is 4.79 Å². The Balaban J connectivity index is 1.54. The SMILES string of the molecule is CCCSc1nc2n(n1)C(c1ccc(OCc3ccccc3C)c(OCC)c1)C(C(=O)Nc1cccc(C)c1C)=C(C)N2. The average molecular weight is 598 g/mol. The Hall–Kier alpha value is -4.24. The molecule has 1 unspecified atom stereocenters. The maximum absolute atomic E-state index is 14.1. The number of hydrogen-bond acceptors (Lipinski definition) is 7. The number of thioether (sulfide) groups is 1. The molecule has 2 heterocycles. The van der Waals surface area contributed by atoms with Gasteiger partial charge in [-0.1, -0.05) is 61.2 Å². The minimum Gasteiger partial charge on any atom is -0.490 e. The molecule has 0 aliphatic carbocycles. The van der Waals surface area contributed by atoms with Gasteiger partial charge in [-0.2, -0.15) is 4.98 Å². The number of carbonyl (C=O) groups is 1. The molecule has 3 aromatic carbocycles. The molecule has 0 bridgehead atoms. The van der Waals surface area contributed by atoms with Crippen molar-refractivity contribution < 1.29 is 14.3 Å². The summed E-state index contributed by atoms with van der Waals surface area (Å²) in [6, 6.07) is 19.4. The molecule has 1 aliphatic rings. The van der Waals surface area contributed by atoms with Gasteiger partial charge in [0.25, 0.3) is 5.91 Å². The van der Waals surface area contributed by atoms with Gasteiger partial charge in [0.05, 0.1) is 12.2 Å². The molecule has 1 aromatic heterocycles. The highest BCUT2D eigenvalue weighted by Gasteiger charge is 2.35. The molecule has 0 fully saturated rings. The molecule has 5 rings (SSSR count). The number of rotatable bonds is 11. The van der Waals surface area contributed by atoms with Crippen LogP contribution in [0, 0.1) is 20.8 Å². The number of aromatic nitrogens is 3.